The van der Waals surface area contributed by atoms with Crippen molar-refractivity contribution >= 4 is 22.6 Å². The molecule has 3 aromatic rings. The Hall–Kier alpha value is -1.80. The summed E-state index contributed by atoms with van der Waals surface area (Å²) in [7, 11) is 0. The molecular formula is C15H13ClN2. The summed E-state index contributed by atoms with van der Waals surface area (Å²) in [5.41, 5.74) is 4.56. The van der Waals surface area contributed by atoms with Gasteiger partial charge in [0.15, 0.2) is 0 Å². The predicted molar refractivity (Wildman–Crippen MR) is 75.1 cm³/mol. The average molecular weight is 257 g/mol. The standard InChI is InChI=1S/C15H13ClN2/c1-10-3-2-4-13-15(10)18-14(17-13)9-11-5-7-12(16)8-6-11/h2-8H,9H2,1H3,(H,17,18). The van der Waals surface area contributed by atoms with Gasteiger partial charge in [-0.1, -0.05) is 35.9 Å². The number of aromatic amines is 1. The van der Waals surface area contributed by atoms with Crippen LogP contribution in [0.1, 0.15) is 17.0 Å². The Labute approximate surface area is 111 Å². The maximum atomic E-state index is 5.88. The molecule has 1 aromatic heterocycles. The van der Waals surface area contributed by atoms with Gasteiger partial charge in [-0.05, 0) is 36.2 Å². The smallest absolute Gasteiger partial charge is 0.111 e. The Morgan fingerprint density at radius 1 is 1.11 bits per heavy atom. The molecule has 90 valence electrons. The van der Waals surface area contributed by atoms with Crippen LogP contribution in [-0.2, 0) is 6.42 Å². The van der Waals surface area contributed by atoms with E-state index in [0.29, 0.717) is 0 Å². The van der Waals surface area contributed by atoms with E-state index in [4.69, 9.17) is 11.6 Å². The highest BCUT2D eigenvalue weighted by molar-refractivity contribution is 6.30. The Kier molecular flexibility index (Phi) is 2.80. The number of nitrogens with one attached hydrogen (secondary N) is 1. The number of nitrogens with zero attached hydrogens (tertiary/aromatic N) is 1. The van der Waals surface area contributed by atoms with Gasteiger partial charge < -0.3 is 4.98 Å². The van der Waals surface area contributed by atoms with Crippen LogP contribution >= 0.6 is 11.6 Å². The molecule has 0 aliphatic heterocycles. The van der Waals surface area contributed by atoms with Crippen LogP contribution in [0, 0.1) is 6.92 Å². The molecule has 0 radical (unpaired) electrons. The van der Waals surface area contributed by atoms with E-state index in [1.165, 1.54) is 11.1 Å². The molecule has 3 heteroatoms. The molecule has 0 saturated carbocycles. The van der Waals surface area contributed by atoms with Gasteiger partial charge in [-0.3, -0.25) is 0 Å². The minimum absolute atomic E-state index is 0.763. The molecule has 0 aliphatic rings. The highest BCUT2D eigenvalue weighted by atomic mass is 35.5. The fourth-order valence-electron chi connectivity index (χ4n) is 2.11. The molecule has 2 aromatic carbocycles. The Bertz CT molecular complexity index is 683. The number of aryl methyl sites for hydroxylation is 1. The van der Waals surface area contributed by atoms with Gasteiger partial charge in [-0.15, -0.1) is 0 Å². The molecule has 0 unspecified atom stereocenters. The van der Waals surface area contributed by atoms with Crippen molar-refractivity contribution in [3.63, 3.8) is 0 Å². The van der Waals surface area contributed by atoms with Gasteiger partial charge in [0.1, 0.15) is 5.82 Å². The summed E-state index contributed by atoms with van der Waals surface area (Å²) in [5, 5.41) is 0.763. The van der Waals surface area contributed by atoms with E-state index < -0.39 is 0 Å². The number of imidazole rings is 1. The third-order valence-corrected chi connectivity index (χ3v) is 3.30. The summed E-state index contributed by atoms with van der Waals surface area (Å²) in [4.78, 5) is 8.00. The van der Waals surface area contributed by atoms with Crippen LogP contribution in [0.2, 0.25) is 5.02 Å². The lowest BCUT2D eigenvalue weighted by Crippen LogP contribution is -1.89. The Balaban J connectivity index is 1.95. The van der Waals surface area contributed by atoms with E-state index in [9.17, 15) is 0 Å². The van der Waals surface area contributed by atoms with Crippen molar-refractivity contribution in [3.8, 4) is 0 Å². The van der Waals surface area contributed by atoms with Crippen molar-refractivity contribution in [2.45, 2.75) is 13.3 Å². The second-order valence-corrected chi connectivity index (χ2v) is 4.89. The maximum absolute atomic E-state index is 5.88. The van der Waals surface area contributed by atoms with Gasteiger partial charge in [0.05, 0.1) is 11.0 Å². The molecule has 1 heterocycles. The van der Waals surface area contributed by atoms with Gasteiger partial charge in [-0.25, -0.2) is 4.98 Å². The zero-order chi connectivity index (χ0) is 12.5. The number of aromatic nitrogens is 2. The fraction of sp³-hybridized carbons (Fsp3) is 0.133. The predicted octanol–water partition coefficient (Wildman–Crippen LogP) is 4.12. The summed E-state index contributed by atoms with van der Waals surface area (Å²) in [5.74, 6) is 0.988. The van der Waals surface area contributed by atoms with Crippen LogP contribution < -0.4 is 0 Å². The van der Waals surface area contributed by atoms with Crippen LogP contribution in [0.25, 0.3) is 11.0 Å². The number of H-pyrrole nitrogens is 1. The van der Waals surface area contributed by atoms with Crippen LogP contribution in [0.15, 0.2) is 42.5 Å². The first-order valence-electron chi connectivity index (χ1n) is 5.91. The third-order valence-electron chi connectivity index (χ3n) is 3.05. The lowest BCUT2D eigenvalue weighted by atomic mass is 10.1. The van der Waals surface area contributed by atoms with E-state index in [1.807, 2.05) is 30.3 Å². The average Bonchev–Trinajstić information content (AvgIpc) is 2.76. The zero-order valence-electron chi connectivity index (χ0n) is 10.1. The van der Waals surface area contributed by atoms with Gasteiger partial charge in [-0.2, -0.15) is 0 Å². The SMILES string of the molecule is Cc1cccc2[nH]c(Cc3ccc(Cl)cc3)nc12. The van der Waals surface area contributed by atoms with Crippen molar-refractivity contribution in [2.75, 3.05) is 0 Å². The first-order chi connectivity index (χ1) is 8.72. The van der Waals surface area contributed by atoms with Crippen molar-refractivity contribution in [1.82, 2.24) is 9.97 Å². The Morgan fingerprint density at radius 3 is 2.61 bits per heavy atom. The van der Waals surface area contributed by atoms with E-state index in [1.54, 1.807) is 0 Å². The highest BCUT2D eigenvalue weighted by Crippen LogP contribution is 2.18. The molecule has 0 bridgehead atoms. The number of hydrogen-bond acceptors (Lipinski definition) is 1. The van der Waals surface area contributed by atoms with Crippen molar-refractivity contribution in [2.24, 2.45) is 0 Å². The van der Waals surface area contributed by atoms with Crippen LogP contribution in [-0.4, -0.2) is 9.97 Å². The van der Waals surface area contributed by atoms with Crippen LogP contribution in [0.4, 0.5) is 0 Å². The first kappa shape index (κ1) is 11.3. The Morgan fingerprint density at radius 2 is 1.89 bits per heavy atom. The summed E-state index contributed by atoms with van der Waals surface area (Å²) in [6.07, 6.45) is 0.797. The normalized spacial score (nSPS) is 11.0. The molecule has 1 N–H and O–H groups in total. The molecule has 0 aliphatic carbocycles. The summed E-state index contributed by atoms with van der Waals surface area (Å²) in [6.45, 7) is 2.08. The summed E-state index contributed by atoms with van der Waals surface area (Å²) >= 11 is 5.88. The van der Waals surface area contributed by atoms with E-state index in [-0.39, 0.29) is 0 Å². The van der Waals surface area contributed by atoms with Crippen LogP contribution in [0.5, 0.6) is 0 Å². The molecule has 3 rings (SSSR count). The topological polar surface area (TPSA) is 28.7 Å². The van der Waals surface area contributed by atoms with Gasteiger partial charge in [0, 0.05) is 11.4 Å². The largest absolute Gasteiger partial charge is 0.342 e. The molecule has 0 amide bonds. The van der Waals surface area contributed by atoms with E-state index in [2.05, 4.69) is 29.0 Å². The monoisotopic (exact) mass is 256 g/mol. The molecule has 0 saturated heterocycles. The van der Waals surface area contributed by atoms with E-state index in [0.717, 1.165) is 28.3 Å². The molecular weight excluding hydrogens is 244 g/mol. The second kappa shape index (κ2) is 4.46. The van der Waals surface area contributed by atoms with Crippen LogP contribution in [0.3, 0.4) is 0 Å². The molecule has 2 nitrogen and oxygen atoms in total. The number of fused-ring (bicyclic) bond motifs is 1. The summed E-state index contributed by atoms with van der Waals surface area (Å²) in [6, 6.07) is 14.1. The molecule has 18 heavy (non-hydrogen) atoms. The lowest BCUT2D eigenvalue weighted by Gasteiger charge is -1.97. The minimum Gasteiger partial charge on any atom is -0.342 e. The van der Waals surface area contributed by atoms with Gasteiger partial charge in [0.25, 0.3) is 0 Å². The zero-order valence-corrected chi connectivity index (χ0v) is 10.8. The highest BCUT2D eigenvalue weighted by Gasteiger charge is 2.05. The van der Waals surface area contributed by atoms with Crippen molar-refractivity contribution in [1.29, 1.82) is 0 Å². The van der Waals surface area contributed by atoms with Crippen molar-refractivity contribution in [3.05, 3.63) is 64.4 Å². The number of halogens is 1. The first-order valence-corrected chi connectivity index (χ1v) is 6.29. The molecule has 0 atom stereocenters. The summed E-state index contributed by atoms with van der Waals surface area (Å²) < 4.78 is 0. The van der Waals surface area contributed by atoms with Gasteiger partial charge in [0.2, 0.25) is 0 Å². The maximum Gasteiger partial charge on any atom is 0.111 e. The minimum atomic E-state index is 0.763. The second-order valence-electron chi connectivity index (χ2n) is 4.46. The van der Waals surface area contributed by atoms with Gasteiger partial charge >= 0.3 is 0 Å². The number of para-hydroxylation sites is 1. The fourth-order valence-corrected chi connectivity index (χ4v) is 2.23. The van der Waals surface area contributed by atoms with Crippen molar-refractivity contribution < 1.29 is 0 Å². The molecule has 0 fully saturated rings. The molecule has 0 spiro atoms. The number of rotatable bonds is 2. The lowest BCUT2D eigenvalue weighted by molar-refractivity contribution is 1.04. The van der Waals surface area contributed by atoms with E-state index >= 15 is 0 Å². The number of benzene rings is 2. The number of hydrogen-bond donors (Lipinski definition) is 1. The third kappa shape index (κ3) is 2.12. The quantitative estimate of drug-likeness (QED) is 0.734.